The summed E-state index contributed by atoms with van der Waals surface area (Å²) < 4.78 is 19.3. The lowest BCUT2D eigenvalue weighted by Gasteiger charge is -2.41. The molecule has 0 saturated carbocycles. The van der Waals surface area contributed by atoms with Crippen molar-refractivity contribution in [1.82, 2.24) is 5.32 Å². The molecule has 2 unspecified atom stereocenters. The van der Waals surface area contributed by atoms with Crippen LogP contribution >= 0.6 is 0 Å². The zero-order chi connectivity index (χ0) is 28.8. The Morgan fingerprint density at radius 2 is 1.65 bits per heavy atom. The van der Waals surface area contributed by atoms with Crippen LogP contribution in [0.2, 0.25) is 18.1 Å². The molecule has 0 aliphatic heterocycles. The van der Waals surface area contributed by atoms with Crippen molar-refractivity contribution >= 4 is 8.32 Å². The predicted octanol–water partition coefficient (Wildman–Crippen LogP) is 7.72. The van der Waals surface area contributed by atoms with E-state index in [-0.39, 0.29) is 29.3 Å². The van der Waals surface area contributed by atoms with E-state index in [0.29, 0.717) is 13.2 Å². The van der Waals surface area contributed by atoms with Gasteiger partial charge in [-0.1, -0.05) is 81.4 Å². The lowest BCUT2D eigenvalue weighted by Crippen LogP contribution is -2.53. The van der Waals surface area contributed by atoms with Crippen LogP contribution in [0.15, 0.2) is 91.5 Å². The monoisotopic (exact) mass is 558 g/mol. The first kappa shape index (κ1) is 30.2. The van der Waals surface area contributed by atoms with E-state index in [4.69, 9.17) is 19.6 Å². The normalized spacial score (nSPS) is 18.6. The van der Waals surface area contributed by atoms with Crippen molar-refractivity contribution in [1.29, 1.82) is 0 Å². The molecule has 3 aromatic rings. The summed E-state index contributed by atoms with van der Waals surface area (Å²) in [5.41, 5.74) is 10.5. The molecular formula is C34H46N2O3Si. The molecule has 0 heterocycles. The number of ether oxygens (including phenoxy) is 2. The standard InChI is InChI=1S/C34H46N2O3Si/c1-7-20-37-32-23-31(29-22-27(18-19-28(29)32)38-26-16-12-9-13-17-26)36-24-33(39-40(5,6)34(2,3)4)30(35)21-25-14-10-8-11-15-25/h7-19,22,30-33,36H,1,20-21,23-24,35H2,2-6H3/t30-,31?,32?,33+/m0/s1. The molecule has 40 heavy (non-hydrogen) atoms. The Bertz CT molecular complexity index is 1230. The van der Waals surface area contributed by atoms with Crippen LogP contribution in [0.3, 0.4) is 0 Å². The topological polar surface area (TPSA) is 65.7 Å². The van der Waals surface area contributed by atoms with Gasteiger partial charge in [-0.05, 0) is 71.9 Å². The molecule has 0 bridgehead atoms. The van der Waals surface area contributed by atoms with Gasteiger partial charge < -0.3 is 25.0 Å². The van der Waals surface area contributed by atoms with Gasteiger partial charge in [-0.2, -0.15) is 0 Å². The highest BCUT2D eigenvalue weighted by atomic mass is 28.4. The Hall–Kier alpha value is -2.74. The van der Waals surface area contributed by atoms with Gasteiger partial charge in [0.2, 0.25) is 0 Å². The van der Waals surface area contributed by atoms with Crippen molar-refractivity contribution in [2.45, 2.75) is 76.0 Å². The molecule has 0 fully saturated rings. The van der Waals surface area contributed by atoms with Crippen LogP contribution in [-0.4, -0.2) is 33.6 Å². The van der Waals surface area contributed by atoms with Crippen molar-refractivity contribution in [3.8, 4) is 11.5 Å². The average molecular weight is 559 g/mol. The Morgan fingerprint density at radius 1 is 0.975 bits per heavy atom. The van der Waals surface area contributed by atoms with Gasteiger partial charge in [0.25, 0.3) is 0 Å². The van der Waals surface area contributed by atoms with Gasteiger partial charge in [0, 0.05) is 18.6 Å². The average Bonchev–Trinajstić information content (AvgIpc) is 3.27. The number of rotatable bonds is 13. The lowest BCUT2D eigenvalue weighted by molar-refractivity contribution is 0.0681. The molecule has 3 N–H and O–H groups in total. The lowest BCUT2D eigenvalue weighted by atomic mass is 10.0. The minimum absolute atomic E-state index is 0.00553. The van der Waals surface area contributed by atoms with Gasteiger partial charge in [-0.3, -0.25) is 0 Å². The van der Waals surface area contributed by atoms with E-state index < -0.39 is 8.32 Å². The van der Waals surface area contributed by atoms with E-state index in [0.717, 1.165) is 24.3 Å². The number of nitrogens with one attached hydrogen (secondary N) is 1. The summed E-state index contributed by atoms with van der Waals surface area (Å²) in [5.74, 6) is 1.63. The molecule has 3 aromatic carbocycles. The largest absolute Gasteiger partial charge is 0.457 e. The Morgan fingerprint density at radius 3 is 2.30 bits per heavy atom. The van der Waals surface area contributed by atoms with Crippen molar-refractivity contribution in [2.24, 2.45) is 5.73 Å². The van der Waals surface area contributed by atoms with Crippen LogP contribution in [0.4, 0.5) is 0 Å². The number of para-hydroxylation sites is 1. The fourth-order valence-corrected chi connectivity index (χ4v) is 6.32. The van der Waals surface area contributed by atoms with E-state index in [1.807, 2.05) is 42.5 Å². The second-order valence-corrected chi connectivity index (χ2v) is 17.0. The number of fused-ring (bicyclic) bond motifs is 1. The van der Waals surface area contributed by atoms with Crippen molar-refractivity contribution in [3.05, 3.63) is 108 Å². The maximum absolute atomic E-state index is 6.96. The third kappa shape index (κ3) is 7.71. The van der Waals surface area contributed by atoms with E-state index in [1.54, 1.807) is 6.08 Å². The van der Waals surface area contributed by atoms with Crippen molar-refractivity contribution in [2.75, 3.05) is 13.2 Å². The summed E-state index contributed by atoms with van der Waals surface area (Å²) in [6.07, 6.45) is 3.27. The molecule has 1 aliphatic rings. The minimum Gasteiger partial charge on any atom is -0.457 e. The maximum Gasteiger partial charge on any atom is 0.192 e. The van der Waals surface area contributed by atoms with Crippen LogP contribution in [0.5, 0.6) is 11.5 Å². The van der Waals surface area contributed by atoms with Gasteiger partial charge in [-0.15, -0.1) is 6.58 Å². The Labute approximate surface area is 241 Å². The number of benzene rings is 3. The van der Waals surface area contributed by atoms with Gasteiger partial charge in [0.15, 0.2) is 8.32 Å². The van der Waals surface area contributed by atoms with E-state index in [2.05, 4.69) is 82.2 Å². The number of hydrogen-bond acceptors (Lipinski definition) is 5. The Balaban J connectivity index is 1.55. The fourth-order valence-electron chi connectivity index (χ4n) is 4.95. The smallest absolute Gasteiger partial charge is 0.192 e. The molecule has 0 saturated heterocycles. The second kappa shape index (κ2) is 13.3. The highest BCUT2D eigenvalue weighted by Gasteiger charge is 2.41. The van der Waals surface area contributed by atoms with Gasteiger partial charge in [0.05, 0.1) is 18.8 Å². The molecule has 1 aliphatic carbocycles. The van der Waals surface area contributed by atoms with Crippen LogP contribution in [0, 0.1) is 0 Å². The van der Waals surface area contributed by atoms with Crippen LogP contribution < -0.4 is 15.8 Å². The first-order valence-electron chi connectivity index (χ1n) is 14.4. The van der Waals surface area contributed by atoms with Gasteiger partial charge >= 0.3 is 0 Å². The van der Waals surface area contributed by atoms with Crippen molar-refractivity contribution in [3.63, 3.8) is 0 Å². The molecule has 6 heteroatoms. The molecule has 0 spiro atoms. The van der Waals surface area contributed by atoms with Gasteiger partial charge in [-0.25, -0.2) is 0 Å². The summed E-state index contributed by atoms with van der Waals surface area (Å²) in [6, 6.07) is 26.6. The third-order valence-electron chi connectivity index (χ3n) is 8.23. The minimum atomic E-state index is -2.06. The van der Waals surface area contributed by atoms with Crippen LogP contribution in [0.25, 0.3) is 0 Å². The summed E-state index contributed by atoms with van der Waals surface area (Å²) in [6.45, 7) is 16.4. The SMILES string of the molecule is C=CCOC1CC(NC[C@@H](O[Si](C)(C)C(C)(C)C)[C@@H](N)Cc2ccccc2)c2cc(Oc3ccccc3)ccc21. The summed E-state index contributed by atoms with van der Waals surface area (Å²) in [5, 5.41) is 3.92. The number of hydrogen-bond donors (Lipinski definition) is 2. The zero-order valence-corrected chi connectivity index (χ0v) is 25.7. The van der Waals surface area contributed by atoms with Crippen LogP contribution in [-0.2, 0) is 15.6 Å². The third-order valence-corrected chi connectivity index (χ3v) is 12.7. The Kier molecular flexibility index (Phi) is 10.0. The van der Waals surface area contributed by atoms with Gasteiger partial charge in [0.1, 0.15) is 11.5 Å². The summed E-state index contributed by atoms with van der Waals surface area (Å²) >= 11 is 0. The summed E-state index contributed by atoms with van der Waals surface area (Å²) in [4.78, 5) is 0. The molecular weight excluding hydrogens is 512 g/mol. The van der Waals surface area contributed by atoms with E-state index >= 15 is 0 Å². The first-order valence-corrected chi connectivity index (χ1v) is 17.3. The molecule has 0 amide bonds. The molecule has 214 valence electrons. The van der Waals surface area contributed by atoms with Crippen molar-refractivity contribution < 1.29 is 13.9 Å². The molecule has 5 nitrogen and oxygen atoms in total. The summed E-state index contributed by atoms with van der Waals surface area (Å²) in [7, 11) is -2.06. The second-order valence-electron chi connectivity index (χ2n) is 12.3. The predicted molar refractivity (Wildman–Crippen MR) is 167 cm³/mol. The van der Waals surface area contributed by atoms with E-state index in [9.17, 15) is 0 Å². The quantitative estimate of drug-likeness (QED) is 0.166. The molecule has 0 radical (unpaired) electrons. The first-order chi connectivity index (χ1) is 19.1. The maximum atomic E-state index is 6.96. The molecule has 0 aromatic heterocycles. The highest BCUT2D eigenvalue weighted by Crippen LogP contribution is 2.43. The molecule has 4 atom stereocenters. The van der Waals surface area contributed by atoms with E-state index in [1.165, 1.54) is 16.7 Å². The zero-order valence-electron chi connectivity index (χ0n) is 24.7. The van der Waals surface area contributed by atoms with Crippen LogP contribution in [0.1, 0.15) is 56.0 Å². The molecule has 4 rings (SSSR count). The number of nitrogens with two attached hydrogens (primary N) is 1. The highest BCUT2D eigenvalue weighted by molar-refractivity contribution is 6.74. The fraction of sp³-hybridized carbons (Fsp3) is 0.412.